The first-order valence-electron chi connectivity index (χ1n) is 2.99. The second kappa shape index (κ2) is 3.25. The smallest absolute Gasteiger partial charge is 0.135 e. The lowest BCUT2D eigenvalue weighted by Crippen LogP contribution is -2.19. The van der Waals surface area contributed by atoms with E-state index in [4.69, 9.17) is 4.84 Å². The van der Waals surface area contributed by atoms with Gasteiger partial charge in [-0.3, -0.25) is 9.83 Å². The molecule has 0 N–H and O–H groups in total. The van der Waals surface area contributed by atoms with Gasteiger partial charge in [0.2, 0.25) is 0 Å². The highest BCUT2D eigenvalue weighted by Crippen LogP contribution is 1.94. The number of hydrogen-bond acceptors (Lipinski definition) is 3. The molecule has 3 nitrogen and oxygen atoms in total. The average Bonchev–Trinajstić information content (AvgIpc) is 1.91. The lowest BCUT2D eigenvalue weighted by molar-refractivity contribution is -0.113. The standard InChI is InChI=1S/C6H10N2O/c1-2-9-8-5-3-4-7-6-8/h3-5H,2,6H2,1H3. The lowest BCUT2D eigenvalue weighted by atomic mass is 10.6. The Balaban J connectivity index is 2.28. The second-order valence-corrected chi connectivity index (χ2v) is 1.65. The maximum Gasteiger partial charge on any atom is 0.135 e. The van der Waals surface area contributed by atoms with Crippen molar-refractivity contribution in [2.75, 3.05) is 13.3 Å². The van der Waals surface area contributed by atoms with Crippen molar-refractivity contribution in [3.63, 3.8) is 0 Å². The van der Waals surface area contributed by atoms with E-state index in [-0.39, 0.29) is 0 Å². The van der Waals surface area contributed by atoms with E-state index in [9.17, 15) is 0 Å². The molecule has 0 aliphatic carbocycles. The minimum atomic E-state index is 0.615. The van der Waals surface area contributed by atoms with E-state index in [1.165, 1.54) is 0 Å². The zero-order valence-corrected chi connectivity index (χ0v) is 5.45. The number of rotatable bonds is 2. The highest BCUT2D eigenvalue weighted by Gasteiger charge is 1.96. The largest absolute Gasteiger partial charge is 0.273 e. The summed E-state index contributed by atoms with van der Waals surface area (Å²) >= 11 is 0. The number of hydrogen-bond donors (Lipinski definition) is 0. The van der Waals surface area contributed by atoms with Crippen molar-refractivity contribution >= 4 is 6.21 Å². The molecule has 1 rings (SSSR count). The summed E-state index contributed by atoms with van der Waals surface area (Å²) in [4.78, 5) is 9.08. The molecule has 0 aromatic heterocycles. The summed E-state index contributed by atoms with van der Waals surface area (Å²) in [6.07, 6.45) is 5.46. The van der Waals surface area contributed by atoms with Crippen LogP contribution >= 0.6 is 0 Å². The SMILES string of the molecule is CCON1C=CC=NC1. The minimum absolute atomic E-state index is 0.615. The first kappa shape index (κ1) is 6.29. The Labute approximate surface area is 54.6 Å². The molecule has 0 fully saturated rings. The fraction of sp³-hybridized carbons (Fsp3) is 0.500. The summed E-state index contributed by atoms with van der Waals surface area (Å²) < 4.78 is 0. The molecule has 9 heavy (non-hydrogen) atoms. The highest BCUT2D eigenvalue weighted by molar-refractivity contribution is 5.71. The van der Waals surface area contributed by atoms with Crippen LogP contribution in [0.3, 0.4) is 0 Å². The molecule has 0 radical (unpaired) electrons. The van der Waals surface area contributed by atoms with Crippen LogP contribution in [0.1, 0.15) is 6.92 Å². The molecule has 1 aliphatic rings. The van der Waals surface area contributed by atoms with Crippen molar-refractivity contribution in [1.82, 2.24) is 5.06 Å². The Morgan fingerprint density at radius 3 is 3.22 bits per heavy atom. The summed E-state index contributed by atoms with van der Waals surface area (Å²) in [5, 5.41) is 1.69. The Morgan fingerprint density at radius 1 is 1.78 bits per heavy atom. The van der Waals surface area contributed by atoms with Crippen molar-refractivity contribution in [2.24, 2.45) is 4.99 Å². The predicted molar refractivity (Wildman–Crippen MR) is 36.0 cm³/mol. The molecule has 0 bridgehead atoms. The molecule has 1 heterocycles. The van der Waals surface area contributed by atoms with Crippen LogP contribution in [0.15, 0.2) is 17.3 Å². The van der Waals surface area contributed by atoms with Crippen LogP contribution in [0.25, 0.3) is 0 Å². The van der Waals surface area contributed by atoms with Crippen LogP contribution in [0.5, 0.6) is 0 Å². The maximum absolute atomic E-state index is 5.12. The van der Waals surface area contributed by atoms with Crippen LogP contribution in [-0.2, 0) is 4.84 Å². The van der Waals surface area contributed by atoms with Gasteiger partial charge in [-0.05, 0) is 13.0 Å². The van der Waals surface area contributed by atoms with E-state index in [1.54, 1.807) is 11.3 Å². The molecule has 0 aromatic carbocycles. The van der Waals surface area contributed by atoms with Gasteiger partial charge in [-0.2, -0.15) is 0 Å². The minimum Gasteiger partial charge on any atom is -0.273 e. The van der Waals surface area contributed by atoms with Crippen LogP contribution in [-0.4, -0.2) is 24.6 Å². The molecule has 0 amide bonds. The van der Waals surface area contributed by atoms with Gasteiger partial charge in [-0.1, -0.05) is 0 Å². The summed E-state index contributed by atoms with van der Waals surface area (Å²) in [6, 6.07) is 0. The molecule has 0 spiro atoms. The topological polar surface area (TPSA) is 24.8 Å². The zero-order chi connectivity index (χ0) is 6.53. The monoisotopic (exact) mass is 126 g/mol. The zero-order valence-electron chi connectivity index (χ0n) is 5.45. The normalized spacial score (nSPS) is 16.8. The number of aliphatic imine (C=N–C) groups is 1. The second-order valence-electron chi connectivity index (χ2n) is 1.65. The van der Waals surface area contributed by atoms with Crippen LogP contribution in [0, 0.1) is 0 Å². The Hall–Kier alpha value is -0.830. The lowest BCUT2D eigenvalue weighted by Gasteiger charge is -2.17. The van der Waals surface area contributed by atoms with Gasteiger partial charge in [-0.15, -0.1) is 0 Å². The summed E-state index contributed by atoms with van der Waals surface area (Å²) in [5.41, 5.74) is 0. The molecule has 50 valence electrons. The van der Waals surface area contributed by atoms with E-state index in [2.05, 4.69) is 4.99 Å². The summed E-state index contributed by atoms with van der Waals surface area (Å²) in [7, 11) is 0. The molecule has 3 heteroatoms. The van der Waals surface area contributed by atoms with E-state index in [0.717, 1.165) is 0 Å². The predicted octanol–water partition coefficient (Wildman–Crippen LogP) is 0.796. The fourth-order valence-corrected chi connectivity index (χ4v) is 0.620. The van der Waals surface area contributed by atoms with Gasteiger partial charge in [0.05, 0.1) is 6.61 Å². The van der Waals surface area contributed by atoms with E-state index >= 15 is 0 Å². The first-order valence-corrected chi connectivity index (χ1v) is 2.99. The molecule has 0 aromatic rings. The quantitative estimate of drug-likeness (QED) is 0.546. The molecule has 0 atom stereocenters. The van der Waals surface area contributed by atoms with E-state index < -0.39 is 0 Å². The average molecular weight is 126 g/mol. The molecule has 0 saturated heterocycles. The third-order valence-corrected chi connectivity index (χ3v) is 0.960. The Kier molecular flexibility index (Phi) is 2.27. The Bertz CT molecular complexity index is 131. The third-order valence-electron chi connectivity index (χ3n) is 0.960. The highest BCUT2D eigenvalue weighted by atomic mass is 16.7. The number of hydroxylamine groups is 2. The molecular formula is C6H10N2O. The maximum atomic E-state index is 5.12. The van der Waals surface area contributed by atoms with Gasteiger partial charge < -0.3 is 0 Å². The Morgan fingerprint density at radius 2 is 2.67 bits per heavy atom. The van der Waals surface area contributed by atoms with Gasteiger partial charge >= 0.3 is 0 Å². The van der Waals surface area contributed by atoms with Gasteiger partial charge in [0.25, 0.3) is 0 Å². The molecular weight excluding hydrogens is 116 g/mol. The summed E-state index contributed by atoms with van der Waals surface area (Å²) in [6.45, 7) is 3.26. The number of nitrogens with zero attached hydrogens (tertiary/aromatic N) is 2. The first-order chi connectivity index (χ1) is 4.43. The van der Waals surface area contributed by atoms with Crippen molar-refractivity contribution < 1.29 is 4.84 Å². The fourth-order valence-electron chi connectivity index (χ4n) is 0.620. The third kappa shape index (κ3) is 1.85. The van der Waals surface area contributed by atoms with Crippen molar-refractivity contribution in [2.45, 2.75) is 6.92 Å². The number of allylic oxidation sites excluding steroid dienone is 1. The van der Waals surface area contributed by atoms with Crippen molar-refractivity contribution in [3.8, 4) is 0 Å². The van der Waals surface area contributed by atoms with Gasteiger partial charge in [0.1, 0.15) is 6.67 Å². The van der Waals surface area contributed by atoms with Gasteiger partial charge in [0.15, 0.2) is 0 Å². The van der Waals surface area contributed by atoms with Crippen molar-refractivity contribution in [1.29, 1.82) is 0 Å². The van der Waals surface area contributed by atoms with E-state index in [0.29, 0.717) is 13.3 Å². The van der Waals surface area contributed by atoms with Crippen molar-refractivity contribution in [3.05, 3.63) is 12.3 Å². The van der Waals surface area contributed by atoms with Crippen LogP contribution in [0.4, 0.5) is 0 Å². The molecule has 0 saturated carbocycles. The van der Waals surface area contributed by atoms with Crippen LogP contribution < -0.4 is 0 Å². The molecule has 1 aliphatic heterocycles. The van der Waals surface area contributed by atoms with Gasteiger partial charge in [0, 0.05) is 12.4 Å². The van der Waals surface area contributed by atoms with Gasteiger partial charge in [-0.25, -0.2) is 5.06 Å². The van der Waals surface area contributed by atoms with Crippen LogP contribution in [0.2, 0.25) is 0 Å². The van der Waals surface area contributed by atoms with E-state index in [1.807, 2.05) is 19.2 Å². The summed E-state index contributed by atoms with van der Waals surface area (Å²) in [5.74, 6) is 0. The molecule has 0 unspecified atom stereocenters.